The van der Waals surface area contributed by atoms with Crippen molar-refractivity contribution < 1.29 is 38.4 Å². The van der Waals surface area contributed by atoms with Crippen molar-refractivity contribution in [2.45, 2.75) is 165 Å². The van der Waals surface area contributed by atoms with Gasteiger partial charge in [-0.2, -0.15) is 0 Å². The topological polar surface area (TPSA) is 265 Å². The van der Waals surface area contributed by atoms with E-state index in [0.717, 1.165) is 49.7 Å². The third-order valence-electron chi connectivity index (χ3n) is 14.6. The number of amides is 8. The van der Waals surface area contributed by atoms with E-state index in [1.807, 2.05) is 36.4 Å². The average molecular weight is 996 g/mol. The van der Waals surface area contributed by atoms with Gasteiger partial charge in [-0.1, -0.05) is 55.1 Å². The number of benzene rings is 2. The Hall–Kier alpha value is -6.18. The molecule has 0 bridgehead atoms. The third-order valence-corrected chi connectivity index (χ3v) is 14.6. The number of aryl methyl sites for hydroxylation is 2. The highest BCUT2D eigenvalue weighted by molar-refractivity contribution is 5.96. The van der Waals surface area contributed by atoms with Crippen LogP contribution in [0, 0.1) is 0 Å². The van der Waals surface area contributed by atoms with Crippen LogP contribution < -0.4 is 48.3 Å². The molecule has 0 unspecified atom stereocenters. The fourth-order valence-corrected chi connectivity index (χ4v) is 10.3. The maximum atomic E-state index is 14.2. The highest BCUT2D eigenvalue weighted by Gasteiger charge is 2.44. The monoisotopic (exact) mass is 996 g/mol. The Balaban J connectivity index is 1.01. The SMILES string of the molecule is C=C(C)[C@H](NC(=O)[C@H](C)NC)C(=O)N1C[C@@H](NC(=O)CCCC(=O)NCCC[C@H](NC(=O)[C@H](C)NC)C(=O)N2C[C@@H](N)C[C@H]2C(=O)N[C@@H]2CCCc3ccccc32)C[C@H]1C(=O)N[C@@H]1CCCc2ccccc21. The van der Waals surface area contributed by atoms with Gasteiger partial charge in [-0.25, -0.2) is 0 Å². The van der Waals surface area contributed by atoms with Gasteiger partial charge < -0.3 is 58.1 Å². The Morgan fingerprint density at radius 3 is 1.78 bits per heavy atom. The zero-order chi connectivity index (χ0) is 52.1. The van der Waals surface area contributed by atoms with E-state index in [4.69, 9.17) is 5.73 Å². The van der Waals surface area contributed by atoms with E-state index in [1.165, 1.54) is 20.9 Å². The number of carbonyl (C=O) groups excluding carboxylic acids is 8. The Morgan fingerprint density at radius 1 is 0.681 bits per heavy atom. The van der Waals surface area contributed by atoms with Crippen molar-refractivity contribution in [3.8, 4) is 0 Å². The number of hydrogen-bond donors (Lipinski definition) is 9. The number of likely N-dealkylation sites (tertiary alicyclic amines) is 2. The molecular weight excluding hydrogens is 919 g/mol. The molecule has 2 aromatic carbocycles. The molecule has 2 aliphatic carbocycles. The highest BCUT2D eigenvalue weighted by Crippen LogP contribution is 2.32. The molecule has 8 amide bonds. The van der Waals surface area contributed by atoms with Crippen LogP contribution in [0.5, 0.6) is 0 Å². The maximum Gasteiger partial charge on any atom is 0.250 e. The molecule has 72 heavy (non-hydrogen) atoms. The minimum Gasteiger partial charge on any atom is -0.356 e. The maximum absolute atomic E-state index is 14.2. The van der Waals surface area contributed by atoms with E-state index in [2.05, 4.69) is 61.2 Å². The summed E-state index contributed by atoms with van der Waals surface area (Å²) in [6, 6.07) is 9.60. The molecule has 392 valence electrons. The van der Waals surface area contributed by atoms with Gasteiger partial charge in [0.1, 0.15) is 24.2 Å². The summed E-state index contributed by atoms with van der Waals surface area (Å²) in [4.78, 5) is 112. The Morgan fingerprint density at radius 2 is 1.21 bits per heavy atom. The summed E-state index contributed by atoms with van der Waals surface area (Å²) in [5.41, 5.74) is 11.2. The van der Waals surface area contributed by atoms with Gasteiger partial charge in [-0.05, 0) is 133 Å². The second-order valence-corrected chi connectivity index (χ2v) is 20.0. The first-order valence-electron chi connectivity index (χ1n) is 25.8. The average Bonchev–Trinajstić information content (AvgIpc) is 3.99. The van der Waals surface area contributed by atoms with E-state index in [9.17, 15) is 38.4 Å². The second-order valence-electron chi connectivity index (χ2n) is 20.0. The largest absolute Gasteiger partial charge is 0.356 e. The van der Waals surface area contributed by atoms with E-state index in [0.29, 0.717) is 12.0 Å². The van der Waals surface area contributed by atoms with Crippen molar-refractivity contribution in [2.24, 2.45) is 5.73 Å². The van der Waals surface area contributed by atoms with Crippen molar-refractivity contribution in [1.82, 2.24) is 52.3 Å². The van der Waals surface area contributed by atoms with Gasteiger partial charge in [0.15, 0.2) is 0 Å². The van der Waals surface area contributed by atoms with Gasteiger partial charge >= 0.3 is 0 Å². The van der Waals surface area contributed by atoms with Crippen LogP contribution in [0.3, 0.4) is 0 Å². The molecule has 2 aliphatic heterocycles. The van der Waals surface area contributed by atoms with Crippen molar-refractivity contribution in [3.63, 3.8) is 0 Å². The molecule has 0 aromatic heterocycles. The summed E-state index contributed by atoms with van der Waals surface area (Å²) in [5, 5.41) is 23.5. The summed E-state index contributed by atoms with van der Waals surface area (Å²) in [6.07, 6.45) is 6.41. The molecule has 2 heterocycles. The summed E-state index contributed by atoms with van der Waals surface area (Å²) in [7, 11) is 3.27. The van der Waals surface area contributed by atoms with Crippen molar-refractivity contribution in [1.29, 1.82) is 0 Å². The molecular formula is C53H77N11O8. The lowest BCUT2D eigenvalue weighted by atomic mass is 9.87. The van der Waals surface area contributed by atoms with Crippen molar-refractivity contribution in [3.05, 3.63) is 82.9 Å². The van der Waals surface area contributed by atoms with E-state index < -0.39 is 66.1 Å². The van der Waals surface area contributed by atoms with Crippen molar-refractivity contribution in [2.75, 3.05) is 33.7 Å². The Kier molecular flexibility index (Phi) is 19.9. The van der Waals surface area contributed by atoms with Crippen molar-refractivity contribution >= 4 is 47.3 Å². The predicted molar refractivity (Wildman–Crippen MR) is 272 cm³/mol. The fourth-order valence-electron chi connectivity index (χ4n) is 10.3. The molecule has 19 heteroatoms. The number of carbonyl (C=O) groups is 8. The van der Waals surface area contributed by atoms with Crippen LogP contribution in [0.25, 0.3) is 0 Å². The minimum absolute atomic E-state index is 0.00612. The molecule has 2 aromatic rings. The van der Waals surface area contributed by atoms with Gasteiger partial charge in [0.25, 0.3) is 0 Å². The van der Waals surface area contributed by atoms with Crippen LogP contribution in [0.2, 0.25) is 0 Å². The Bertz CT molecular complexity index is 2310. The lowest BCUT2D eigenvalue weighted by Crippen LogP contribution is -2.56. The van der Waals surface area contributed by atoms with Crippen LogP contribution in [0.15, 0.2) is 60.7 Å². The molecule has 2 fully saturated rings. The molecule has 19 nitrogen and oxygen atoms in total. The van der Waals surface area contributed by atoms with Gasteiger partial charge in [0.05, 0.1) is 24.2 Å². The van der Waals surface area contributed by atoms with Gasteiger partial charge in [-0.3, -0.25) is 38.4 Å². The molecule has 4 aliphatic rings. The zero-order valence-corrected chi connectivity index (χ0v) is 42.7. The van der Waals surface area contributed by atoms with Gasteiger partial charge in [0, 0.05) is 44.6 Å². The number of fused-ring (bicyclic) bond motifs is 2. The number of rotatable bonds is 22. The quantitative estimate of drug-likeness (QED) is 0.0598. The number of nitrogens with one attached hydrogen (secondary N) is 8. The number of likely N-dealkylation sites (N-methyl/N-ethyl adjacent to an activating group) is 2. The summed E-state index contributed by atoms with van der Waals surface area (Å²) >= 11 is 0. The highest BCUT2D eigenvalue weighted by atomic mass is 16.2. The number of nitrogens with zero attached hydrogens (tertiary/aromatic N) is 2. The molecule has 0 spiro atoms. The first kappa shape index (κ1) is 55.1. The summed E-state index contributed by atoms with van der Waals surface area (Å²) < 4.78 is 0. The summed E-state index contributed by atoms with van der Waals surface area (Å²) in [6.45, 7) is 9.31. The molecule has 10 N–H and O–H groups in total. The van der Waals surface area contributed by atoms with Gasteiger partial charge in [-0.15, -0.1) is 0 Å². The predicted octanol–water partition coefficient (Wildman–Crippen LogP) is 1.22. The zero-order valence-electron chi connectivity index (χ0n) is 42.7. The lowest BCUT2D eigenvalue weighted by molar-refractivity contribution is -0.142. The third kappa shape index (κ3) is 14.3. The van der Waals surface area contributed by atoms with Crippen LogP contribution >= 0.6 is 0 Å². The standard InChI is InChI=1S/C53H77N11O8/c1-31(2)47(62-49(68)33(4)56-6)53(72)64-30-37(28-44(64)51(70)60-41-22-12-18-35-16-8-10-20-39(35)41)58-46(66)25-13-24-45(65)57-26-14-23-42(61-48(67)32(3)55-5)52(71)63-29-36(54)27-43(63)50(69)59-40-21-11-17-34-15-7-9-19-38(34)40/h7-10,15-16,19-20,32-33,36-37,40-44,47,55-56H,1,11-14,17-18,21-30,54H2,2-6H3,(H,57,65)(H,58,66)(H,59,69)(H,60,70)(H,61,67)(H,62,68)/t32-,33-,36-,37-,40+,41+,42-,43-,44-,47-/m0/s1. The first-order chi connectivity index (χ1) is 34.5. The Labute approximate surface area is 423 Å². The molecule has 10 atom stereocenters. The fraction of sp³-hybridized carbons (Fsp3) is 0.585. The van der Waals surface area contributed by atoms with E-state index >= 15 is 0 Å². The smallest absolute Gasteiger partial charge is 0.250 e. The molecule has 0 radical (unpaired) electrons. The first-order valence-corrected chi connectivity index (χ1v) is 25.8. The lowest BCUT2D eigenvalue weighted by Gasteiger charge is -2.32. The van der Waals surface area contributed by atoms with E-state index in [1.54, 1.807) is 34.9 Å². The molecule has 6 rings (SSSR count). The summed E-state index contributed by atoms with van der Waals surface area (Å²) in [5.74, 6) is -3.00. The van der Waals surface area contributed by atoms with Crippen LogP contribution in [0.1, 0.15) is 126 Å². The number of nitrogens with two attached hydrogens (primary N) is 1. The molecule has 2 saturated heterocycles. The second kappa shape index (κ2) is 26.0. The van der Waals surface area contributed by atoms with Gasteiger partial charge in [0.2, 0.25) is 47.3 Å². The van der Waals surface area contributed by atoms with Crippen LogP contribution in [-0.2, 0) is 51.2 Å². The molecule has 0 saturated carbocycles. The normalized spacial score (nSPS) is 23.0. The number of hydrogen-bond acceptors (Lipinski definition) is 11. The van der Waals surface area contributed by atoms with E-state index in [-0.39, 0.29) is 99.8 Å². The van der Waals surface area contributed by atoms with Crippen LogP contribution in [0.4, 0.5) is 0 Å². The minimum atomic E-state index is -1.10. The van der Waals surface area contributed by atoms with Crippen LogP contribution in [-0.4, -0.2) is 139 Å².